The summed E-state index contributed by atoms with van der Waals surface area (Å²) in [6.45, 7) is 2.08. The van der Waals surface area contributed by atoms with Gasteiger partial charge in [0.2, 0.25) is 0 Å². The zero-order valence-corrected chi connectivity index (χ0v) is 12.9. The summed E-state index contributed by atoms with van der Waals surface area (Å²) in [5.74, 6) is -0.696. The number of amides is 1. The molecule has 0 bridgehead atoms. The number of carbonyl (C=O) groups excluding carboxylic acids is 2. The lowest BCUT2D eigenvalue weighted by molar-refractivity contribution is -0.142. The Hall–Kier alpha value is -1.74. The van der Waals surface area contributed by atoms with E-state index in [1.165, 1.54) is 17.5 Å². The van der Waals surface area contributed by atoms with Gasteiger partial charge in [-0.1, -0.05) is 0 Å². The van der Waals surface area contributed by atoms with E-state index in [0.717, 1.165) is 0 Å². The van der Waals surface area contributed by atoms with E-state index in [2.05, 4.69) is 36.4 Å². The van der Waals surface area contributed by atoms with Crippen molar-refractivity contribution < 1.29 is 14.3 Å². The van der Waals surface area contributed by atoms with Crippen LogP contribution in [0.25, 0.3) is 0 Å². The van der Waals surface area contributed by atoms with Gasteiger partial charge in [-0.25, -0.2) is 4.98 Å². The van der Waals surface area contributed by atoms with Gasteiger partial charge >= 0.3 is 5.97 Å². The second-order valence-electron chi connectivity index (χ2n) is 3.67. The van der Waals surface area contributed by atoms with E-state index in [1.54, 1.807) is 12.3 Å². The normalized spacial score (nSPS) is 10.3. The number of rotatable bonds is 5. The Morgan fingerprint density at radius 1 is 1.55 bits per heavy atom. The third-order valence-electron chi connectivity index (χ3n) is 2.22. The lowest BCUT2D eigenvalue weighted by Crippen LogP contribution is -2.13. The minimum Gasteiger partial charge on any atom is -0.466 e. The Morgan fingerprint density at radius 2 is 2.35 bits per heavy atom. The third kappa shape index (κ3) is 3.64. The molecule has 7 nitrogen and oxygen atoms in total. The van der Waals surface area contributed by atoms with Gasteiger partial charge in [-0.05, 0) is 22.9 Å². The maximum absolute atomic E-state index is 11.9. The number of nitrogens with one attached hydrogen (secondary N) is 2. The van der Waals surface area contributed by atoms with Crippen LogP contribution in [0.15, 0.2) is 16.0 Å². The van der Waals surface area contributed by atoms with Gasteiger partial charge in [-0.2, -0.15) is 5.10 Å². The number of aromatic amines is 1. The lowest BCUT2D eigenvalue weighted by Gasteiger charge is -1.99. The first kappa shape index (κ1) is 14.7. The molecule has 2 rings (SSSR count). The Kier molecular flexibility index (Phi) is 4.85. The molecule has 20 heavy (non-hydrogen) atoms. The summed E-state index contributed by atoms with van der Waals surface area (Å²) in [5.41, 5.74) is 0.875. The standard InChI is InChI=1S/C11H11BrN4O3S/c1-2-19-8(17)3-6-5-20-11(14-6)15-10(18)9-7(12)4-13-16-9/h4-5H,2-3H2,1H3,(H,13,16)(H,14,15,18). The first-order chi connectivity index (χ1) is 9.60. The average molecular weight is 359 g/mol. The topological polar surface area (TPSA) is 97.0 Å². The molecule has 0 aliphatic heterocycles. The number of halogens is 1. The van der Waals surface area contributed by atoms with Crippen LogP contribution < -0.4 is 5.32 Å². The van der Waals surface area contributed by atoms with E-state index < -0.39 is 0 Å². The summed E-state index contributed by atoms with van der Waals surface area (Å²) >= 11 is 4.44. The smallest absolute Gasteiger partial charge is 0.311 e. The minimum absolute atomic E-state index is 0.0912. The van der Waals surface area contributed by atoms with Gasteiger partial charge in [0.25, 0.3) is 5.91 Å². The molecule has 0 atom stereocenters. The molecule has 2 aromatic heterocycles. The van der Waals surface area contributed by atoms with Crippen LogP contribution in [0.3, 0.4) is 0 Å². The van der Waals surface area contributed by atoms with Crippen LogP contribution in [0.2, 0.25) is 0 Å². The minimum atomic E-state index is -0.355. The van der Waals surface area contributed by atoms with Crippen LogP contribution in [-0.2, 0) is 16.0 Å². The molecular weight excluding hydrogens is 348 g/mol. The van der Waals surface area contributed by atoms with E-state index in [4.69, 9.17) is 4.74 Å². The molecule has 0 spiro atoms. The van der Waals surface area contributed by atoms with Crippen molar-refractivity contribution in [3.8, 4) is 0 Å². The molecule has 1 amide bonds. The van der Waals surface area contributed by atoms with Gasteiger partial charge in [0.05, 0.1) is 29.4 Å². The van der Waals surface area contributed by atoms with Gasteiger partial charge in [-0.15, -0.1) is 11.3 Å². The van der Waals surface area contributed by atoms with Crippen LogP contribution in [0.4, 0.5) is 5.13 Å². The van der Waals surface area contributed by atoms with Crippen molar-refractivity contribution in [2.45, 2.75) is 13.3 Å². The van der Waals surface area contributed by atoms with Crippen LogP contribution in [-0.4, -0.2) is 33.7 Å². The molecule has 106 valence electrons. The molecule has 2 aromatic rings. The highest BCUT2D eigenvalue weighted by molar-refractivity contribution is 9.10. The van der Waals surface area contributed by atoms with E-state index in [9.17, 15) is 9.59 Å². The summed E-state index contributed by atoms with van der Waals surface area (Å²) in [7, 11) is 0. The van der Waals surface area contributed by atoms with Gasteiger partial charge in [0.15, 0.2) is 5.13 Å². The fraction of sp³-hybridized carbons (Fsp3) is 0.273. The monoisotopic (exact) mass is 358 g/mol. The van der Waals surface area contributed by atoms with E-state index in [1.807, 2.05) is 0 Å². The molecule has 0 unspecified atom stereocenters. The SMILES string of the molecule is CCOC(=O)Cc1csc(NC(=O)c2[nH]ncc2Br)n1. The molecule has 0 aliphatic rings. The van der Waals surface area contributed by atoms with E-state index >= 15 is 0 Å². The molecule has 0 saturated heterocycles. The largest absolute Gasteiger partial charge is 0.466 e. The molecular formula is C11H11BrN4O3S. The number of thiazole rings is 1. The number of hydrogen-bond acceptors (Lipinski definition) is 6. The van der Waals surface area contributed by atoms with Crippen LogP contribution >= 0.6 is 27.3 Å². The van der Waals surface area contributed by atoms with E-state index in [-0.39, 0.29) is 18.3 Å². The molecule has 0 fully saturated rings. The number of anilines is 1. The van der Waals surface area contributed by atoms with Crippen LogP contribution in [0, 0.1) is 0 Å². The molecule has 0 saturated carbocycles. The van der Waals surface area contributed by atoms with Gasteiger partial charge in [0.1, 0.15) is 5.69 Å². The number of nitrogens with zero attached hydrogens (tertiary/aromatic N) is 2. The van der Waals surface area contributed by atoms with Gasteiger partial charge < -0.3 is 4.74 Å². The third-order valence-corrected chi connectivity index (χ3v) is 3.63. The fourth-order valence-electron chi connectivity index (χ4n) is 1.40. The Morgan fingerprint density at radius 3 is 3.00 bits per heavy atom. The highest BCUT2D eigenvalue weighted by atomic mass is 79.9. The van der Waals surface area contributed by atoms with Gasteiger partial charge in [-0.3, -0.25) is 20.0 Å². The van der Waals surface area contributed by atoms with Crippen LogP contribution in [0.1, 0.15) is 23.1 Å². The first-order valence-electron chi connectivity index (χ1n) is 5.70. The molecule has 0 aliphatic carbocycles. The Labute approximate surface area is 126 Å². The first-order valence-corrected chi connectivity index (χ1v) is 7.37. The predicted octanol–water partition coefficient (Wildman–Crippen LogP) is 1.99. The number of hydrogen-bond donors (Lipinski definition) is 2. The highest BCUT2D eigenvalue weighted by Crippen LogP contribution is 2.19. The van der Waals surface area contributed by atoms with E-state index in [0.29, 0.717) is 27.6 Å². The summed E-state index contributed by atoms with van der Waals surface area (Å²) < 4.78 is 5.40. The zero-order chi connectivity index (χ0) is 14.5. The summed E-state index contributed by atoms with van der Waals surface area (Å²) in [6.07, 6.45) is 1.58. The quantitative estimate of drug-likeness (QED) is 0.796. The van der Waals surface area contributed by atoms with Crippen molar-refractivity contribution in [1.29, 1.82) is 0 Å². The highest BCUT2D eigenvalue weighted by Gasteiger charge is 2.15. The predicted molar refractivity (Wildman–Crippen MR) is 76.7 cm³/mol. The molecule has 2 heterocycles. The van der Waals surface area contributed by atoms with Crippen molar-refractivity contribution in [2.75, 3.05) is 11.9 Å². The number of ether oxygens (including phenoxy) is 1. The van der Waals surface area contributed by atoms with Crippen molar-refractivity contribution in [2.24, 2.45) is 0 Å². The molecule has 2 N–H and O–H groups in total. The summed E-state index contributed by atoms with van der Waals surface area (Å²) in [6, 6.07) is 0. The maximum atomic E-state index is 11.9. The summed E-state index contributed by atoms with van der Waals surface area (Å²) in [5, 5.41) is 11.1. The average Bonchev–Trinajstić information content (AvgIpc) is 2.99. The number of esters is 1. The zero-order valence-electron chi connectivity index (χ0n) is 10.5. The van der Waals surface area contributed by atoms with Crippen molar-refractivity contribution in [3.63, 3.8) is 0 Å². The number of carbonyl (C=O) groups is 2. The lowest BCUT2D eigenvalue weighted by atomic mass is 10.3. The van der Waals surface area contributed by atoms with Gasteiger partial charge in [0, 0.05) is 5.38 Å². The maximum Gasteiger partial charge on any atom is 0.311 e. The Balaban J connectivity index is 1.98. The Bertz CT molecular complexity index is 625. The van der Waals surface area contributed by atoms with Crippen molar-refractivity contribution in [1.82, 2.24) is 15.2 Å². The number of H-pyrrole nitrogens is 1. The second kappa shape index (κ2) is 6.62. The molecule has 9 heteroatoms. The summed E-state index contributed by atoms with van der Waals surface area (Å²) in [4.78, 5) is 27.4. The molecule has 0 aromatic carbocycles. The van der Waals surface area contributed by atoms with Crippen LogP contribution in [0.5, 0.6) is 0 Å². The fourth-order valence-corrected chi connectivity index (χ4v) is 2.47. The number of aromatic nitrogens is 3. The van der Waals surface area contributed by atoms with Crippen molar-refractivity contribution in [3.05, 3.63) is 27.4 Å². The van der Waals surface area contributed by atoms with Crippen molar-refractivity contribution >= 4 is 44.3 Å². The second-order valence-corrected chi connectivity index (χ2v) is 5.39. The molecule has 0 radical (unpaired) electrons.